The second-order valence-corrected chi connectivity index (χ2v) is 5.52. The highest BCUT2D eigenvalue weighted by Gasteiger charge is 2.23. The van der Waals surface area contributed by atoms with E-state index >= 15 is 0 Å². The van der Waals surface area contributed by atoms with E-state index in [2.05, 4.69) is 78.6 Å². The smallest absolute Gasteiger partial charge is 0.119 e. The average Bonchev–Trinajstić information content (AvgIpc) is 2.58. The first-order valence-corrected chi connectivity index (χ1v) is 7.63. The number of benzene rings is 2. The molecule has 0 radical (unpaired) electrons. The first-order valence-electron chi connectivity index (χ1n) is 7.63. The highest BCUT2D eigenvalue weighted by Crippen LogP contribution is 2.33. The van der Waals surface area contributed by atoms with Gasteiger partial charge in [-0.1, -0.05) is 49.4 Å². The number of hydrogen-bond acceptors (Lipinski definition) is 2. The number of ether oxygens (including phenoxy) is 1. The van der Waals surface area contributed by atoms with Crippen molar-refractivity contribution in [1.82, 2.24) is 0 Å². The van der Waals surface area contributed by atoms with Gasteiger partial charge >= 0.3 is 0 Å². The molecule has 0 amide bonds. The van der Waals surface area contributed by atoms with E-state index in [1.807, 2.05) is 12.1 Å². The Morgan fingerprint density at radius 2 is 1.45 bits per heavy atom. The average molecular weight is 291 g/mol. The molecule has 2 unspecified atom stereocenters. The number of rotatable bonds is 4. The fourth-order valence-corrected chi connectivity index (χ4v) is 2.85. The van der Waals surface area contributed by atoms with Crippen LogP contribution in [0.2, 0.25) is 0 Å². The molecule has 0 spiro atoms. The summed E-state index contributed by atoms with van der Waals surface area (Å²) in [7, 11) is 1.70. The van der Waals surface area contributed by atoms with Gasteiger partial charge in [-0.3, -0.25) is 0 Å². The van der Waals surface area contributed by atoms with E-state index in [1.54, 1.807) is 7.11 Å². The van der Waals surface area contributed by atoms with Gasteiger partial charge in [0.15, 0.2) is 0 Å². The lowest BCUT2D eigenvalue weighted by Crippen LogP contribution is -2.35. The van der Waals surface area contributed by atoms with Gasteiger partial charge in [0.2, 0.25) is 0 Å². The van der Waals surface area contributed by atoms with Crippen LogP contribution in [0, 0.1) is 5.92 Å². The number of para-hydroxylation sites is 1. The van der Waals surface area contributed by atoms with Gasteiger partial charge in [-0.2, -0.15) is 0 Å². The summed E-state index contributed by atoms with van der Waals surface area (Å²) in [6.07, 6.45) is 8.77. The molecule has 2 aromatic carbocycles. The summed E-state index contributed by atoms with van der Waals surface area (Å²) in [4.78, 5) is 2.38. The van der Waals surface area contributed by atoms with Gasteiger partial charge in [0.05, 0.1) is 13.2 Å². The van der Waals surface area contributed by atoms with E-state index in [9.17, 15) is 0 Å². The highest BCUT2D eigenvalue weighted by molar-refractivity contribution is 5.66. The maximum atomic E-state index is 5.28. The van der Waals surface area contributed by atoms with Crippen molar-refractivity contribution in [3.05, 3.63) is 78.9 Å². The van der Waals surface area contributed by atoms with Gasteiger partial charge in [0, 0.05) is 11.4 Å². The number of hydrogen-bond donors (Lipinski definition) is 0. The molecule has 1 aliphatic rings. The molecule has 0 N–H and O–H groups in total. The third-order valence-electron chi connectivity index (χ3n) is 4.06. The number of methoxy groups -OCH3 is 1. The Morgan fingerprint density at radius 3 is 2.09 bits per heavy atom. The predicted molar refractivity (Wildman–Crippen MR) is 92.8 cm³/mol. The molecular weight excluding hydrogens is 270 g/mol. The van der Waals surface area contributed by atoms with Crippen LogP contribution in [-0.4, -0.2) is 13.2 Å². The predicted octanol–water partition coefficient (Wildman–Crippen LogP) is 4.96. The molecule has 2 atom stereocenters. The summed E-state index contributed by atoms with van der Waals surface area (Å²) >= 11 is 0. The number of anilines is 2. The first-order chi connectivity index (χ1) is 10.8. The van der Waals surface area contributed by atoms with Crippen molar-refractivity contribution < 1.29 is 4.74 Å². The summed E-state index contributed by atoms with van der Waals surface area (Å²) in [5.74, 6) is 1.33. The fraction of sp³-hybridized carbons (Fsp3) is 0.200. The van der Waals surface area contributed by atoms with Crippen LogP contribution in [0.4, 0.5) is 11.4 Å². The quantitative estimate of drug-likeness (QED) is 0.789. The van der Waals surface area contributed by atoms with Gasteiger partial charge in [-0.25, -0.2) is 0 Å². The topological polar surface area (TPSA) is 12.5 Å². The number of nitrogens with zero attached hydrogens (tertiary/aromatic N) is 1. The second kappa shape index (κ2) is 6.52. The summed E-state index contributed by atoms with van der Waals surface area (Å²) in [6.45, 7) is 2.25. The lowest BCUT2D eigenvalue weighted by Gasteiger charge is -2.36. The van der Waals surface area contributed by atoms with E-state index in [1.165, 1.54) is 11.4 Å². The van der Waals surface area contributed by atoms with Crippen LogP contribution in [0.25, 0.3) is 0 Å². The first kappa shape index (κ1) is 14.5. The molecule has 0 aliphatic heterocycles. The Labute approximate surface area is 132 Å². The Hall–Kier alpha value is -2.48. The Balaban J connectivity index is 2.02. The van der Waals surface area contributed by atoms with Crippen LogP contribution < -0.4 is 9.64 Å². The van der Waals surface area contributed by atoms with Crippen LogP contribution in [0.1, 0.15) is 6.92 Å². The fourth-order valence-electron chi connectivity index (χ4n) is 2.85. The van der Waals surface area contributed by atoms with Crippen molar-refractivity contribution in [1.29, 1.82) is 0 Å². The maximum Gasteiger partial charge on any atom is 0.119 e. The van der Waals surface area contributed by atoms with Crippen LogP contribution in [0.15, 0.2) is 78.9 Å². The molecule has 0 aromatic heterocycles. The Bertz CT molecular complexity index is 658. The van der Waals surface area contributed by atoms with Gasteiger partial charge in [-0.05, 0) is 42.3 Å². The molecular formula is C20H21NO. The molecule has 2 aromatic rings. The molecule has 112 valence electrons. The van der Waals surface area contributed by atoms with Gasteiger partial charge in [-0.15, -0.1) is 0 Å². The lowest BCUT2D eigenvalue weighted by atomic mass is 9.94. The lowest BCUT2D eigenvalue weighted by molar-refractivity contribution is 0.415. The SMILES string of the molecule is COc1ccc(N(c2ccccc2)C2C=CC=CC2C)cc1. The minimum atomic E-state index is 0.306. The normalized spacial score (nSPS) is 19.9. The van der Waals surface area contributed by atoms with E-state index in [0.29, 0.717) is 12.0 Å². The molecule has 3 rings (SSSR count). The van der Waals surface area contributed by atoms with Crippen LogP contribution >= 0.6 is 0 Å². The standard InChI is InChI=1S/C20H21NO/c1-16-8-6-7-11-20(16)21(17-9-4-3-5-10-17)18-12-14-19(22-2)15-13-18/h3-16,20H,1-2H3. The van der Waals surface area contributed by atoms with Crippen LogP contribution in [-0.2, 0) is 0 Å². The van der Waals surface area contributed by atoms with Crippen molar-refractivity contribution in [3.63, 3.8) is 0 Å². The molecule has 0 saturated heterocycles. The Kier molecular flexibility index (Phi) is 4.29. The molecule has 1 aliphatic carbocycles. The number of allylic oxidation sites excluding steroid dienone is 2. The third-order valence-corrected chi connectivity index (χ3v) is 4.06. The van der Waals surface area contributed by atoms with E-state index in [-0.39, 0.29) is 0 Å². The zero-order valence-electron chi connectivity index (χ0n) is 13.0. The molecule has 2 heteroatoms. The molecule has 22 heavy (non-hydrogen) atoms. The summed E-state index contributed by atoms with van der Waals surface area (Å²) in [5, 5.41) is 0. The molecule has 0 fully saturated rings. The molecule has 2 nitrogen and oxygen atoms in total. The zero-order chi connectivity index (χ0) is 15.4. The largest absolute Gasteiger partial charge is 0.497 e. The Morgan fingerprint density at radius 1 is 0.818 bits per heavy atom. The minimum absolute atomic E-state index is 0.306. The van der Waals surface area contributed by atoms with Crippen molar-refractivity contribution in [2.24, 2.45) is 5.92 Å². The third kappa shape index (κ3) is 2.91. The maximum absolute atomic E-state index is 5.28. The highest BCUT2D eigenvalue weighted by atomic mass is 16.5. The molecule has 0 heterocycles. The van der Waals surface area contributed by atoms with E-state index < -0.39 is 0 Å². The zero-order valence-corrected chi connectivity index (χ0v) is 13.0. The van der Waals surface area contributed by atoms with Gasteiger partial charge in [0.25, 0.3) is 0 Å². The van der Waals surface area contributed by atoms with Crippen molar-refractivity contribution in [2.75, 3.05) is 12.0 Å². The summed E-state index contributed by atoms with van der Waals surface area (Å²) in [6, 6.07) is 19.1. The van der Waals surface area contributed by atoms with E-state index in [0.717, 1.165) is 5.75 Å². The van der Waals surface area contributed by atoms with Crippen molar-refractivity contribution in [2.45, 2.75) is 13.0 Å². The second-order valence-electron chi connectivity index (χ2n) is 5.52. The molecule has 0 bridgehead atoms. The molecule has 0 saturated carbocycles. The minimum Gasteiger partial charge on any atom is -0.497 e. The van der Waals surface area contributed by atoms with Gasteiger partial charge < -0.3 is 9.64 Å². The van der Waals surface area contributed by atoms with Gasteiger partial charge in [0.1, 0.15) is 5.75 Å². The van der Waals surface area contributed by atoms with Crippen molar-refractivity contribution in [3.8, 4) is 5.75 Å². The summed E-state index contributed by atoms with van der Waals surface area (Å²) < 4.78 is 5.28. The van der Waals surface area contributed by atoms with E-state index in [4.69, 9.17) is 4.74 Å². The van der Waals surface area contributed by atoms with Crippen molar-refractivity contribution >= 4 is 11.4 Å². The monoisotopic (exact) mass is 291 g/mol. The van der Waals surface area contributed by atoms with Crippen LogP contribution in [0.5, 0.6) is 5.75 Å². The summed E-state index contributed by atoms with van der Waals surface area (Å²) in [5.41, 5.74) is 2.37. The van der Waals surface area contributed by atoms with Crippen LogP contribution in [0.3, 0.4) is 0 Å².